The van der Waals surface area contributed by atoms with Crippen LogP contribution in [0, 0.1) is 13.8 Å². The number of allylic oxidation sites excluding steroid dienone is 2. The van der Waals surface area contributed by atoms with Gasteiger partial charge in [0.1, 0.15) is 23.1 Å². The van der Waals surface area contributed by atoms with Crippen molar-refractivity contribution in [3.05, 3.63) is 47.6 Å². The molecule has 8 heteroatoms. The van der Waals surface area contributed by atoms with E-state index in [2.05, 4.69) is 15.5 Å². The summed E-state index contributed by atoms with van der Waals surface area (Å²) in [5, 5.41) is 7.36. The van der Waals surface area contributed by atoms with Crippen molar-refractivity contribution in [2.75, 3.05) is 5.32 Å². The zero-order chi connectivity index (χ0) is 22.6. The molecule has 5 nitrogen and oxygen atoms in total. The van der Waals surface area contributed by atoms with Gasteiger partial charge in [0, 0.05) is 23.2 Å². The third kappa shape index (κ3) is 3.98. The fourth-order valence-corrected chi connectivity index (χ4v) is 3.92. The van der Waals surface area contributed by atoms with E-state index in [0.29, 0.717) is 24.5 Å². The zero-order valence-electron chi connectivity index (χ0n) is 18.2. The first-order valence-corrected chi connectivity index (χ1v) is 10.2. The molecule has 0 saturated carbocycles. The zero-order valence-corrected chi connectivity index (χ0v) is 18.2. The van der Waals surface area contributed by atoms with Crippen molar-refractivity contribution in [1.29, 1.82) is 0 Å². The maximum absolute atomic E-state index is 13.6. The monoisotopic (exact) mass is 430 g/mol. The van der Waals surface area contributed by atoms with Crippen LogP contribution in [0.4, 0.5) is 19.0 Å². The largest absolute Gasteiger partial charge is 0.419 e. The van der Waals surface area contributed by atoms with Crippen LogP contribution in [-0.2, 0) is 6.54 Å². The molecule has 31 heavy (non-hydrogen) atoms. The lowest BCUT2D eigenvalue weighted by Gasteiger charge is -2.26. The van der Waals surface area contributed by atoms with Gasteiger partial charge in [-0.25, -0.2) is 4.98 Å². The minimum atomic E-state index is -4.45. The number of halogens is 3. The summed E-state index contributed by atoms with van der Waals surface area (Å²) in [5.41, 5.74) is 2.86. The Kier molecular flexibility index (Phi) is 4.98. The molecule has 0 unspecified atom stereocenters. The van der Waals surface area contributed by atoms with E-state index in [1.165, 1.54) is 6.08 Å². The summed E-state index contributed by atoms with van der Waals surface area (Å²) in [6.07, 6.45) is -2.91. The Morgan fingerprint density at radius 2 is 1.68 bits per heavy atom. The van der Waals surface area contributed by atoms with E-state index in [1.54, 1.807) is 4.57 Å². The molecule has 0 aliphatic carbocycles. The smallest absolute Gasteiger partial charge is 0.365 e. The number of aromatic nitrogens is 3. The van der Waals surface area contributed by atoms with E-state index < -0.39 is 11.7 Å². The Hall–Kier alpha value is -3.03. The van der Waals surface area contributed by atoms with Crippen LogP contribution in [0.25, 0.3) is 28.0 Å². The van der Waals surface area contributed by atoms with E-state index in [1.807, 2.05) is 58.9 Å². The summed E-state index contributed by atoms with van der Waals surface area (Å²) in [6.45, 7) is 10.1. The number of nitrogens with zero attached hydrogens (tertiary/aromatic N) is 3. The number of fused-ring (bicyclic) bond motifs is 1. The fraction of sp³-hybridized carbons (Fsp3) is 0.391. The Morgan fingerprint density at radius 3 is 2.23 bits per heavy atom. The lowest BCUT2D eigenvalue weighted by molar-refractivity contribution is -0.0700. The van der Waals surface area contributed by atoms with Gasteiger partial charge in [-0.15, -0.1) is 0 Å². The SMILES string of the molecule is Cc1noc(C)c1-c1ccc(-c2nc3n(c2NC(C)(C)C)CCC=C3C(F)(F)F)cc1. The average molecular weight is 430 g/mol. The maximum Gasteiger partial charge on any atom is 0.419 e. The lowest BCUT2D eigenvalue weighted by atomic mass is 10.0. The molecule has 0 radical (unpaired) electrons. The van der Waals surface area contributed by atoms with Gasteiger partial charge in [0.05, 0.1) is 11.3 Å². The lowest BCUT2D eigenvalue weighted by Crippen LogP contribution is -2.29. The summed E-state index contributed by atoms with van der Waals surface area (Å²) in [6, 6.07) is 7.59. The van der Waals surface area contributed by atoms with Crippen LogP contribution in [0.2, 0.25) is 0 Å². The highest BCUT2D eigenvalue weighted by Gasteiger charge is 2.40. The van der Waals surface area contributed by atoms with Crippen molar-refractivity contribution in [3.8, 4) is 22.4 Å². The van der Waals surface area contributed by atoms with Crippen molar-refractivity contribution >= 4 is 11.4 Å². The number of hydrogen-bond acceptors (Lipinski definition) is 4. The average Bonchev–Trinajstić information content (AvgIpc) is 3.20. The van der Waals surface area contributed by atoms with Gasteiger partial charge in [0.15, 0.2) is 0 Å². The number of anilines is 1. The highest BCUT2D eigenvalue weighted by atomic mass is 19.4. The van der Waals surface area contributed by atoms with Crippen molar-refractivity contribution in [2.45, 2.75) is 59.3 Å². The minimum absolute atomic E-state index is 0.0460. The topological polar surface area (TPSA) is 55.9 Å². The van der Waals surface area contributed by atoms with E-state index in [9.17, 15) is 13.2 Å². The van der Waals surface area contributed by atoms with Crippen LogP contribution in [0.3, 0.4) is 0 Å². The second-order valence-electron chi connectivity index (χ2n) is 8.84. The van der Waals surface area contributed by atoms with Crippen LogP contribution in [0.5, 0.6) is 0 Å². The molecule has 0 amide bonds. The van der Waals surface area contributed by atoms with Crippen molar-refractivity contribution < 1.29 is 17.7 Å². The second kappa shape index (κ2) is 7.28. The van der Waals surface area contributed by atoms with Crippen LogP contribution >= 0.6 is 0 Å². The first-order chi connectivity index (χ1) is 14.5. The van der Waals surface area contributed by atoms with Gasteiger partial charge in [0.25, 0.3) is 0 Å². The van der Waals surface area contributed by atoms with Crippen molar-refractivity contribution in [2.24, 2.45) is 0 Å². The van der Waals surface area contributed by atoms with E-state index in [0.717, 1.165) is 28.1 Å². The Labute approximate surface area is 179 Å². The predicted molar refractivity (Wildman–Crippen MR) is 115 cm³/mol. The van der Waals surface area contributed by atoms with Crippen LogP contribution in [0.15, 0.2) is 34.9 Å². The molecule has 0 spiro atoms. The highest BCUT2D eigenvalue weighted by molar-refractivity contribution is 5.80. The summed E-state index contributed by atoms with van der Waals surface area (Å²) in [5.74, 6) is 1.27. The molecule has 1 aliphatic heterocycles. The maximum atomic E-state index is 13.6. The number of aryl methyl sites for hydroxylation is 2. The predicted octanol–water partition coefficient (Wildman–Crippen LogP) is 6.38. The molecule has 1 aliphatic rings. The highest BCUT2D eigenvalue weighted by Crippen LogP contribution is 2.41. The third-order valence-corrected chi connectivity index (χ3v) is 5.19. The van der Waals surface area contributed by atoms with Gasteiger partial charge < -0.3 is 14.4 Å². The number of nitrogens with one attached hydrogen (secondary N) is 1. The standard InChI is InChI=1S/C23H25F3N4O/c1-13-18(14(2)31-29-13)15-8-10-16(11-9-15)19-21(28-22(3,4)5)30-12-6-7-17(20(30)27-19)23(24,25)26/h7-11,28H,6,12H2,1-5H3. The molecule has 4 rings (SSSR count). The summed E-state index contributed by atoms with van der Waals surface area (Å²) in [7, 11) is 0. The molecular weight excluding hydrogens is 405 g/mol. The van der Waals surface area contributed by atoms with Crippen LogP contribution in [0.1, 0.15) is 44.5 Å². The molecule has 2 aromatic heterocycles. The van der Waals surface area contributed by atoms with Gasteiger partial charge in [-0.3, -0.25) is 0 Å². The molecule has 0 fully saturated rings. The van der Waals surface area contributed by atoms with Crippen molar-refractivity contribution in [3.63, 3.8) is 0 Å². The van der Waals surface area contributed by atoms with E-state index >= 15 is 0 Å². The van der Waals surface area contributed by atoms with Gasteiger partial charge in [0.2, 0.25) is 0 Å². The Bertz CT molecular complexity index is 1130. The van der Waals surface area contributed by atoms with Gasteiger partial charge in [-0.1, -0.05) is 35.5 Å². The molecule has 1 N–H and O–H groups in total. The van der Waals surface area contributed by atoms with Crippen LogP contribution in [-0.4, -0.2) is 26.4 Å². The summed E-state index contributed by atoms with van der Waals surface area (Å²) in [4.78, 5) is 4.46. The number of rotatable bonds is 3. The fourth-order valence-electron chi connectivity index (χ4n) is 3.92. The van der Waals surface area contributed by atoms with Gasteiger partial charge in [-0.05, 0) is 46.6 Å². The second-order valence-corrected chi connectivity index (χ2v) is 8.84. The molecule has 1 aromatic carbocycles. The summed E-state index contributed by atoms with van der Waals surface area (Å²) < 4.78 is 47.8. The minimum Gasteiger partial charge on any atom is -0.365 e. The number of imidazole rings is 1. The van der Waals surface area contributed by atoms with E-state index in [4.69, 9.17) is 4.52 Å². The molecule has 164 valence electrons. The summed E-state index contributed by atoms with van der Waals surface area (Å²) >= 11 is 0. The van der Waals surface area contributed by atoms with Gasteiger partial charge in [-0.2, -0.15) is 13.2 Å². The number of alkyl halides is 3. The first-order valence-electron chi connectivity index (χ1n) is 10.2. The molecule has 0 bridgehead atoms. The van der Waals surface area contributed by atoms with Crippen molar-refractivity contribution in [1.82, 2.24) is 14.7 Å². The molecule has 3 heterocycles. The number of benzene rings is 1. The van der Waals surface area contributed by atoms with Gasteiger partial charge >= 0.3 is 6.18 Å². The Balaban J connectivity index is 1.83. The normalized spacial score (nSPS) is 14.4. The molecule has 3 aromatic rings. The first kappa shape index (κ1) is 21.2. The molecule has 0 atom stereocenters. The van der Waals surface area contributed by atoms with Crippen LogP contribution < -0.4 is 5.32 Å². The Morgan fingerprint density at radius 1 is 1.03 bits per heavy atom. The third-order valence-electron chi connectivity index (χ3n) is 5.19. The number of hydrogen-bond donors (Lipinski definition) is 1. The molecular formula is C23H25F3N4O. The quantitative estimate of drug-likeness (QED) is 0.524. The molecule has 0 saturated heterocycles. The van der Waals surface area contributed by atoms with E-state index in [-0.39, 0.29) is 11.4 Å².